The lowest BCUT2D eigenvalue weighted by Crippen LogP contribution is -2.07. The Hall–Kier alpha value is -1.71. The Kier molecular flexibility index (Phi) is 9.97. The van der Waals surface area contributed by atoms with Gasteiger partial charge in [0.05, 0.1) is 13.7 Å². The number of aromatic hydroxyl groups is 1. The minimum atomic E-state index is -0.165. The van der Waals surface area contributed by atoms with E-state index in [4.69, 9.17) is 9.47 Å². The van der Waals surface area contributed by atoms with E-state index >= 15 is 0 Å². The molecule has 0 unspecified atom stereocenters. The van der Waals surface area contributed by atoms with Crippen molar-refractivity contribution in [2.75, 3.05) is 13.7 Å². The number of hydrogen-bond donors (Lipinski definition) is 1. The molecular formula is C20H32O4. The lowest BCUT2D eigenvalue weighted by atomic mass is 9.96. The van der Waals surface area contributed by atoms with Crippen molar-refractivity contribution in [3.63, 3.8) is 0 Å². The van der Waals surface area contributed by atoms with E-state index in [1.54, 1.807) is 18.2 Å². The van der Waals surface area contributed by atoms with E-state index < -0.39 is 0 Å². The molecule has 0 spiro atoms. The summed E-state index contributed by atoms with van der Waals surface area (Å²) in [5, 5.41) is 9.55. The maximum atomic E-state index is 11.8. The lowest BCUT2D eigenvalue weighted by Gasteiger charge is -2.11. The highest BCUT2D eigenvalue weighted by molar-refractivity contribution is 5.69. The van der Waals surface area contributed by atoms with E-state index in [1.165, 1.54) is 32.8 Å². The molecule has 0 amide bonds. The SMILES string of the molecule is CCC(CC)CCCCCOC(=O)CCc1ccc(O)c(OC)c1. The molecule has 1 N–H and O–H groups in total. The molecule has 1 aromatic rings. The summed E-state index contributed by atoms with van der Waals surface area (Å²) in [6, 6.07) is 5.13. The molecule has 0 bridgehead atoms. The van der Waals surface area contributed by atoms with Crippen molar-refractivity contribution in [3.05, 3.63) is 23.8 Å². The van der Waals surface area contributed by atoms with E-state index in [0.29, 0.717) is 25.2 Å². The van der Waals surface area contributed by atoms with Crippen LogP contribution in [0.15, 0.2) is 18.2 Å². The number of esters is 1. The zero-order valence-corrected chi connectivity index (χ0v) is 15.3. The van der Waals surface area contributed by atoms with Crippen LogP contribution in [-0.2, 0) is 16.0 Å². The van der Waals surface area contributed by atoms with Crippen LogP contribution < -0.4 is 4.74 Å². The van der Waals surface area contributed by atoms with Gasteiger partial charge < -0.3 is 14.6 Å². The van der Waals surface area contributed by atoms with Crippen LogP contribution in [0.25, 0.3) is 0 Å². The molecule has 0 heterocycles. The van der Waals surface area contributed by atoms with Gasteiger partial charge in [0, 0.05) is 6.42 Å². The Morgan fingerprint density at radius 2 is 1.92 bits per heavy atom. The van der Waals surface area contributed by atoms with E-state index in [0.717, 1.165) is 24.3 Å². The molecule has 24 heavy (non-hydrogen) atoms. The van der Waals surface area contributed by atoms with Crippen molar-refractivity contribution in [2.24, 2.45) is 5.92 Å². The van der Waals surface area contributed by atoms with E-state index in [-0.39, 0.29) is 11.7 Å². The van der Waals surface area contributed by atoms with Crippen LogP contribution in [0.5, 0.6) is 11.5 Å². The van der Waals surface area contributed by atoms with Gasteiger partial charge in [-0.25, -0.2) is 0 Å². The minimum Gasteiger partial charge on any atom is -0.504 e. The Bertz CT molecular complexity index is 481. The zero-order valence-electron chi connectivity index (χ0n) is 15.3. The normalized spacial score (nSPS) is 10.8. The Morgan fingerprint density at radius 3 is 2.58 bits per heavy atom. The number of phenols is 1. The summed E-state index contributed by atoms with van der Waals surface area (Å²) in [5.74, 6) is 1.22. The fourth-order valence-corrected chi connectivity index (χ4v) is 2.79. The molecule has 0 atom stereocenters. The van der Waals surface area contributed by atoms with E-state index in [1.807, 2.05) is 0 Å². The number of rotatable bonds is 12. The van der Waals surface area contributed by atoms with Gasteiger partial charge in [-0.1, -0.05) is 52.0 Å². The summed E-state index contributed by atoms with van der Waals surface area (Å²) >= 11 is 0. The lowest BCUT2D eigenvalue weighted by molar-refractivity contribution is -0.143. The molecular weight excluding hydrogens is 304 g/mol. The molecule has 0 radical (unpaired) electrons. The summed E-state index contributed by atoms with van der Waals surface area (Å²) in [7, 11) is 1.51. The Morgan fingerprint density at radius 1 is 1.17 bits per heavy atom. The number of carbonyl (C=O) groups is 1. The smallest absolute Gasteiger partial charge is 0.306 e. The van der Waals surface area contributed by atoms with Crippen molar-refractivity contribution in [1.82, 2.24) is 0 Å². The van der Waals surface area contributed by atoms with Gasteiger partial charge in [0.25, 0.3) is 0 Å². The topological polar surface area (TPSA) is 55.8 Å². The molecule has 1 rings (SSSR count). The Labute approximate surface area is 146 Å². The standard InChI is InChI=1S/C20H32O4/c1-4-16(5-2)9-7-6-8-14-24-20(22)13-11-17-10-12-18(21)19(15-17)23-3/h10,12,15-16,21H,4-9,11,13-14H2,1-3H3. The summed E-state index contributed by atoms with van der Waals surface area (Å²) in [5.41, 5.74) is 0.951. The number of phenolic OH excluding ortho intramolecular Hbond substituents is 1. The molecule has 1 aromatic carbocycles. The van der Waals surface area contributed by atoms with Gasteiger partial charge in [-0.2, -0.15) is 0 Å². The molecule has 0 aromatic heterocycles. The van der Waals surface area contributed by atoms with Gasteiger partial charge in [0.15, 0.2) is 11.5 Å². The number of hydrogen-bond acceptors (Lipinski definition) is 4. The van der Waals surface area contributed by atoms with Crippen LogP contribution in [0.1, 0.15) is 64.4 Å². The van der Waals surface area contributed by atoms with Gasteiger partial charge in [0.2, 0.25) is 0 Å². The van der Waals surface area contributed by atoms with Crippen molar-refractivity contribution in [2.45, 2.75) is 65.2 Å². The summed E-state index contributed by atoms with van der Waals surface area (Å²) in [6.07, 6.45) is 8.02. The van der Waals surface area contributed by atoms with Crippen molar-refractivity contribution < 1.29 is 19.4 Å². The minimum absolute atomic E-state index is 0.109. The molecule has 0 aliphatic rings. The Balaban J connectivity index is 2.14. The second-order valence-electron chi connectivity index (χ2n) is 6.26. The number of methoxy groups -OCH3 is 1. The van der Waals surface area contributed by atoms with Gasteiger partial charge in [0.1, 0.15) is 0 Å². The average Bonchev–Trinajstić information content (AvgIpc) is 2.60. The second kappa shape index (κ2) is 11.8. The third-order valence-electron chi connectivity index (χ3n) is 4.54. The van der Waals surface area contributed by atoms with E-state index in [9.17, 15) is 9.90 Å². The molecule has 4 heteroatoms. The first-order valence-electron chi connectivity index (χ1n) is 9.12. The molecule has 0 saturated carbocycles. The van der Waals surface area contributed by atoms with Crippen molar-refractivity contribution in [3.8, 4) is 11.5 Å². The van der Waals surface area contributed by atoms with E-state index in [2.05, 4.69) is 13.8 Å². The molecule has 0 aliphatic heterocycles. The summed E-state index contributed by atoms with van der Waals surface area (Å²) < 4.78 is 10.3. The van der Waals surface area contributed by atoms with Gasteiger partial charge in [-0.05, 0) is 36.5 Å². The fraction of sp³-hybridized carbons (Fsp3) is 0.650. The first-order chi connectivity index (χ1) is 11.6. The third kappa shape index (κ3) is 7.71. The molecule has 0 fully saturated rings. The highest BCUT2D eigenvalue weighted by atomic mass is 16.5. The largest absolute Gasteiger partial charge is 0.504 e. The molecule has 4 nitrogen and oxygen atoms in total. The summed E-state index contributed by atoms with van der Waals surface area (Å²) in [6.45, 7) is 5.01. The monoisotopic (exact) mass is 336 g/mol. The molecule has 0 saturated heterocycles. The van der Waals surface area contributed by atoms with Crippen LogP contribution in [0.2, 0.25) is 0 Å². The number of ether oxygens (including phenoxy) is 2. The zero-order chi connectivity index (χ0) is 17.8. The predicted octanol–water partition coefficient (Wildman–Crippen LogP) is 4.87. The summed E-state index contributed by atoms with van der Waals surface area (Å²) in [4.78, 5) is 11.8. The van der Waals surface area contributed by atoms with Gasteiger partial charge in [-0.15, -0.1) is 0 Å². The number of benzene rings is 1. The predicted molar refractivity (Wildman–Crippen MR) is 96.5 cm³/mol. The van der Waals surface area contributed by atoms with Crippen molar-refractivity contribution >= 4 is 5.97 Å². The first-order valence-corrected chi connectivity index (χ1v) is 9.12. The fourth-order valence-electron chi connectivity index (χ4n) is 2.79. The van der Waals surface area contributed by atoms with Gasteiger partial charge in [-0.3, -0.25) is 4.79 Å². The maximum Gasteiger partial charge on any atom is 0.306 e. The molecule has 136 valence electrons. The number of unbranched alkanes of at least 4 members (excludes halogenated alkanes) is 2. The van der Waals surface area contributed by atoms with Crippen LogP contribution in [0.3, 0.4) is 0 Å². The average molecular weight is 336 g/mol. The van der Waals surface area contributed by atoms with Gasteiger partial charge >= 0.3 is 5.97 Å². The molecule has 0 aliphatic carbocycles. The third-order valence-corrected chi connectivity index (χ3v) is 4.54. The van der Waals surface area contributed by atoms with Crippen LogP contribution in [-0.4, -0.2) is 24.8 Å². The van der Waals surface area contributed by atoms with Crippen molar-refractivity contribution in [1.29, 1.82) is 0 Å². The number of aryl methyl sites for hydroxylation is 1. The van der Waals surface area contributed by atoms with Crippen LogP contribution in [0, 0.1) is 5.92 Å². The van der Waals surface area contributed by atoms with Crippen LogP contribution in [0.4, 0.5) is 0 Å². The first kappa shape index (κ1) is 20.3. The number of carbonyl (C=O) groups excluding carboxylic acids is 1. The highest BCUT2D eigenvalue weighted by Crippen LogP contribution is 2.26. The maximum absolute atomic E-state index is 11.8. The quantitative estimate of drug-likeness (QED) is 0.437. The van der Waals surface area contributed by atoms with Crippen LogP contribution >= 0.6 is 0 Å². The second-order valence-corrected chi connectivity index (χ2v) is 6.26. The highest BCUT2D eigenvalue weighted by Gasteiger charge is 2.07.